The second kappa shape index (κ2) is 7.05. The number of nitrogens with zero attached hydrogens (tertiary/aromatic N) is 1. The summed E-state index contributed by atoms with van der Waals surface area (Å²) in [4.78, 5) is 23.9. The molecule has 7 nitrogen and oxygen atoms in total. The molecule has 0 rings (SSSR count). The predicted octanol–water partition coefficient (Wildman–Crippen LogP) is 0.709. The number of hydrogen-bond donors (Lipinski definition) is 3. The van der Waals surface area contributed by atoms with Crippen LogP contribution in [0.25, 0.3) is 0 Å². The molecule has 0 unspecified atom stereocenters. The molecule has 3 N–H and O–H groups in total. The predicted molar refractivity (Wildman–Crippen MR) is 67.7 cm³/mol. The van der Waals surface area contributed by atoms with Crippen molar-refractivity contribution < 1.29 is 19.4 Å². The highest BCUT2D eigenvalue weighted by Gasteiger charge is 2.20. The summed E-state index contributed by atoms with van der Waals surface area (Å²) in [5, 5.41) is 13.4. The van der Waals surface area contributed by atoms with Crippen molar-refractivity contribution >= 4 is 12.2 Å². The first-order valence-electron chi connectivity index (χ1n) is 5.71. The molecule has 0 fully saturated rings. The second-order valence-corrected chi connectivity index (χ2v) is 5.29. The van der Waals surface area contributed by atoms with E-state index >= 15 is 0 Å². The molecule has 18 heavy (non-hydrogen) atoms. The summed E-state index contributed by atoms with van der Waals surface area (Å²) in [5.74, 6) is 0. The van der Waals surface area contributed by atoms with Gasteiger partial charge in [0.15, 0.2) is 0 Å². The van der Waals surface area contributed by atoms with Gasteiger partial charge in [0, 0.05) is 13.1 Å². The Labute approximate surface area is 107 Å². The first kappa shape index (κ1) is 16.5. The quantitative estimate of drug-likeness (QED) is 0.678. The summed E-state index contributed by atoms with van der Waals surface area (Å²) in [6.07, 6.45) is -1.67. The van der Waals surface area contributed by atoms with Gasteiger partial charge in [-0.15, -0.1) is 0 Å². The largest absolute Gasteiger partial charge is 0.465 e. The number of ether oxygens (including phenoxy) is 1. The molecule has 2 amide bonds. The Morgan fingerprint density at radius 1 is 1.33 bits per heavy atom. The summed E-state index contributed by atoms with van der Waals surface area (Å²) in [6.45, 7) is 5.95. The molecule has 0 aliphatic rings. The van der Waals surface area contributed by atoms with Gasteiger partial charge in [0.05, 0.1) is 6.04 Å². The van der Waals surface area contributed by atoms with Gasteiger partial charge in [0.1, 0.15) is 5.60 Å². The number of carboxylic acid groups (broad SMARTS) is 1. The molecule has 0 aromatic rings. The highest BCUT2D eigenvalue weighted by Crippen LogP contribution is 2.06. The van der Waals surface area contributed by atoms with Crippen LogP contribution in [0, 0.1) is 0 Å². The van der Waals surface area contributed by atoms with Gasteiger partial charge in [-0.3, -0.25) is 0 Å². The molecule has 0 bridgehead atoms. The molecular weight excluding hydrogens is 238 g/mol. The zero-order valence-electron chi connectivity index (χ0n) is 11.6. The minimum absolute atomic E-state index is 0.132. The molecule has 0 spiro atoms. The van der Waals surface area contributed by atoms with E-state index in [4.69, 9.17) is 9.84 Å². The fourth-order valence-electron chi connectivity index (χ4n) is 1.29. The summed E-state index contributed by atoms with van der Waals surface area (Å²) < 4.78 is 5.11. The maximum Gasteiger partial charge on any atom is 0.407 e. The lowest BCUT2D eigenvalue weighted by Crippen LogP contribution is -2.49. The van der Waals surface area contributed by atoms with Crippen LogP contribution in [0.5, 0.6) is 0 Å². The van der Waals surface area contributed by atoms with Crippen LogP contribution in [-0.2, 0) is 4.74 Å². The number of likely N-dealkylation sites (N-methyl/N-ethyl adjacent to an activating group) is 1. The van der Waals surface area contributed by atoms with Crippen LogP contribution in [0.1, 0.15) is 20.8 Å². The van der Waals surface area contributed by atoms with Gasteiger partial charge in [0.25, 0.3) is 0 Å². The fraction of sp³-hybridized carbons (Fsp3) is 0.818. The number of alkyl carbamates (subject to hydrolysis) is 1. The van der Waals surface area contributed by atoms with Crippen molar-refractivity contribution in [3.8, 4) is 0 Å². The highest BCUT2D eigenvalue weighted by molar-refractivity contribution is 5.68. The Morgan fingerprint density at radius 2 is 1.89 bits per heavy atom. The van der Waals surface area contributed by atoms with Crippen LogP contribution in [-0.4, -0.2) is 61.0 Å². The molecule has 1 atom stereocenters. The molecular formula is C11H23N3O4. The maximum atomic E-state index is 11.6. The van der Waals surface area contributed by atoms with E-state index in [1.165, 1.54) is 0 Å². The Balaban J connectivity index is 4.30. The van der Waals surface area contributed by atoms with Gasteiger partial charge < -0.3 is 25.4 Å². The molecule has 0 aromatic carbocycles. The van der Waals surface area contributed by atoms with Crippen molar-refractivity contribution in [1.82, 2.24) is 15.5 Å². The molecule has 0 aliphatic heterocycles. The average molecular weight is 261 g/mol. The number of carbonyl (C=O) groups excluding carboxylic acids is 1. The van der Waals surface area contributed by atoms with Gasteiger partial charge in [-0.1, -0.05) is 0 Å². The van der Waals surface area contributed by atoms with Crippen molar-refractivity contribution in [3.05, 3.63) is 0 Å². The molecule has 0 heterocycles. The molecule has 0 radical (unpaired) electrons. The second-order valence-electron chi connectivity index (χ2n) is 5.29. The number of amides is 2. The van der Waals surface area contributed by atoms with Crippen LogP contribution in [0.15, 0.2) is 0 Å². The van der Waals surface area contributed by atoms with E-state index in [1.54, 1.807) is 20.8 Å². The third-order valence-electron chi connectivity index (χ3n) is 1.81. The molecule has 7 heteroatoms. The molecule has 0 aliphatic carbocycles. The first-order valence-corrected chi connectivity index (χ1v) is 5.71. The minimum atomic E-state index is -1.12. The standard InChI is InChI=1S/C11H23N3O4/c1-11(2,3)18-10(17)13-8(7-14(4)5)6-12-9(15)16/h8,12H,6-7H2,1-5H3,(H,13,17)(H,15,16)/t8-/m0/s1. The number of carbonyl (C=O) groups is 2. The van der Waals surface area contributed by atoms with Gasteiger partial charge in [-0.25, -0.2) is 9.59 Å². The van der Waals surface area contributed by atoms with Crippen molar-refractivity contribution in [2.75, 3.05) is 27.2 Å². The number of hydrogen-bond acceptors (Lipinski definition) is 4. The van der Waals surface area contributed by atoms with Crippen LogP contribution in [0.4, 0.5) is 9.59 Å². The Kier molecular flexibility index (Phi) is 6.46. The average Bonchev–Trinajstić information content (AvgIpc) is 2.09. The van der Waals surface area contributed by atoms with E-state index < -0.39 is 17.8 Å². The normalized spacial score (nSPS) is 13.0. The van der Waals surface area contributed by atoms with Crippen molar-refractivity contribution in [2.45, 2.75) is 32.4 Å². The first-order chi connectivity index (χ1) is 8.10. The lowest BCUT2D eigenvalue weighted by molar-refractivity contribution is 0.0496. The maximum absolute atomic E-state index is 11.6. The number of nitrogens with one attached hydrogen (secondary N) is 2. The minimum Gasteiger partial charge on any atom is -0.465 e. The van der Waals surface area contributed by atoms with Crippen molar-refractivity contribution in [3.63, 3.8) is 0 Å². The Bertz CT molecular complexity index is 287. The summed E-state index contributed by atoms with van der Waals surface area (Å²) in [5.41, 5.74) is -0.576. The topological polar surface area (TPSA) is 90.9 Å². The Morgan fingerprint density at radius 3 is 2.28 bits per heavy atom. The van der Waals surface area contributed by atoms with Gasteiger partial charge in [-0.2, -0.15) is 0 Å². The lowest BCUT2D eigenvalue weighted by Gasteiger charge is -2.25. The monoisotopic (exact) mass is 261 g/mol. The Hall–Kier alpha value is -1.50. The molecule has 0 saturated carbocycles. The molecule has 0 saturated heterocycles. The van der Waals surface area contributed by atoms with E-state index in [-0.39, 0.29) is 12.6 Å². The van der Waals surface area contributed by atoms with Gasteiger partial charge in [0.2, 0.25) is 0 Å². The highest BCUT2D eigenvalue weighted by atomic mass is 16.6. The van der Waals surface area contributed by atoms with E-state index in [0.717, 1.165) is 0 Å². The third kappa shape index (κ3) is 9.71. The van der Waals surface area contributed by atoms with Gasteiger partial charge >= 0.3 is 12.2 Å². The smallest absolute Gasteiger partial charge is 0.407 e. The number of rotatable bonds is 5. The SMILES string of the molecule is CN(C)C[C@H](CNC(=O)O)NC(=O)OC(C)(C)C. The summed E-state index contributed by atoms with van der Waals surface area (Å²) in [6, 6.07) is -0.342. The van der Waals surface area contributed by atoms with Crippen molar-refractivity contribution in [2.24, 2.45) is 0 Å². The summed E-state index contributed by atoms with van der Waals surface area (Å²) in [7, 11) is 3.68. The van der Waals surface area contributed by atoms with Crippen LogP contribution in [0.2, 0.25) is 0 Å². The van der Waals surface area contributed by atoms with E-state index in [0.29, 0.717) is 6.54 Å². The third-order valence-corrected chi connectivity index (χ3v) is 1.81. The van der Waals surface area contributed by atoms with E-state index in [1.807, 2.05) is 19.0 Å². The zero-order valence-corrected chi connectivity index (χ0v) is 11.6. The lowest BCUT2D eigenvalue weighted by atomic mass is 10.2. The fourth-order valence-corrected chi connectivity index (χ4v) is 1.29. The van der Waals surface area contributed by atoms with Crippen LogP contribution >= 0.6 is 0 Å². The van der Waals surface area contributed by atoms with E-state index in [2.05, 4.69) is 10.6 Å². The van der Waals surface area contributed by atoms with E-state index in [9.17, 15) is 9.59 Å². The van der Waals surface area contributed by atoms with Crippen LogP contribution < -0.4 is 10.6 Å². The molecule has 0 aromatic heterocycles. The van der Waals surface area contributed by atoms with Crippen LogP contribution in [0.3, 0.4) is 0 Å². The van der Waals surface area contributed by atoms with Crippen molar-refractivity contribution in [1.29, 1.82) is 0 Å². The zero-order chi connectivity index (χ0) is 14.3. The summed E-state index contributed by atoms with van der Waals surface area (Å²) >= 11 is 0. The molecule has 106 valence electrons. The van der Waals surface area contributed by atoms with Gasteiger partial charge in [-0.05, 0) is 34.9 Å².